The molecule has 2 aromatic rings. The molecule has 4 nitrogen and oxygen atoms in total. The van der Waals surface area contributed by atoms with Gasteiger partial charge in [-0.1, -0.05) is 18.2 Å². The zero-order chi connectivity index (χ0) is 23.5. The van der Waals surface area contributed by atoms with E-state index in [0.717, 1.165) is 63.2 Å². The molecule has 2 aliphatic heterocycles. The van der Waals surface area contributed by atoms with E-state index in [-0.39, 0.29) is 11.3 Å². The van der Waals surface area contributed by atoms with Crippen molar-refractivity contribution >= 4 is 5.91 Å². The first-order chi connectivity index (χ1) is 15.8. The van der Waals surface area contributed by atoms with Crippen molar-refractivity contribution in [1.29, 1.82) is 0 Å². The van der Waals surface area contributed by atoms with E-state index in [4.69, 9.17) is 4.74 Å². The molecule has 0 N–H and O–H groups in total. The number of para-hydroxylation sites is 1. The normalized spacial score (nSPS) is 19.0. The highest BCUT2D eigenvalue weighted by atomic mass is 19.4. The highest BCUT2D eigenvalue weighted by molar-refractivity contribution is 5.94. The minimum absolute atomic E-state index is 0.177. The van der Waals surface area contributed by atoms with Crippen molar-refractivity contribution in [2.75, 3.05) is 32.8 Å². The summed E-state index contributed by atoms with van der Waals surface area (Å²) in [5.74, 6) is 0.777. The maximum absolute atomic E-state index is 12.8. The van der Waals surface area contributed by atoms with E-state index < -0.39 is 11.7 Å². The molecule has 2 fully saturated rings. The number of likely N-dealkylation sites (tertiary alicyclic amines) is 2. The maximum atomic E-state index is 12.8. The van der Waals surface area contributed by atoms with Crippen LogP contribution < -0.4 is 4.74 Å². The highest BCUT2D eigenvalue weighted by Gasteiger charge is 2.39. The Bertz CT molecular complexity index is 941. The Morgan fingerprint density at radius 2 is 1.55 bits per heavy atom. The third-order valence-electron chi connectivity index (χ3n) is 7.15. The minimum Gasteiger partial charge on any atom is -0.494 e. The van der Waals surface area contributed by atoms with Crippen LogP contribution in [0.15, 0.2) is 48.5 Å². The molecule has 1 spiro atoms. The number of hydrogen-bond donors (Lipinski definition) is 0. The van der Waals surface area contributed by atoms with E-state index in [1.807, 2.05) is 25.1 Å². The Labute approximate surface area is 193 Å². The number of carbonyl (C=O) groups excluding carboxylic acids is 1. The second-order valence-electron chi connectivity index (χ2n) is 9.18. The predicted molar refractivity (Wildman–Crippen MR) is 121 cm³/mol. The number of hydrogen-bond acceptors (Lipinski definition) is 3. The molecule has 0 bridgehead atoms. The van der Waals surface area contributed by atoms with Crippen molar-refractivity contribution in [3.8, 4) is 5.75 Å². The van der Waals surface area contributed by atoms with Crippen LogP contribution in [0.25, 0.3) is 0 Å². The number of halogens is 3. The van der Waals surface area contributed by atoms with Crippen LogP contribution >= 0.6 is 0 Å². The van der Waals surface area contributed by atoms with Crippen molar-refractivity contribution in [3.05, 3.63) is 65.2 Å². The molecule has 2 aliphatic rings. The minimum atomic E-state index is -4.39. The quantitative estimate of drug-likeness (QED) is 0.580. The molecule has 0 atom stereocenters. The fourth-order valence-electron chi connectivity index (χ4n) is 5.03. The molecule has 0 saturated carbocycles. The molecule has 0 radical (unpaired) electrons. The van der Waals surface area contributed by atoms with Crippen LogP contribution in [-0.4, -0.2) is 48.5 Å². The van der Waals surface area contributed by atoms with Crippen LogP contribution in [0.4, 0.5) is 13.2 Å². The van der Waals surface area contributed by atoms with E-state index in [0.29, 0.717) is 25.3 Å². The van der Waals surface area contributed by atoms with Gasteiger partial charge in [0.05, 0.1) is 12.2 Å². The lowest BCUT2D eigenvalue weighted by Crippen LogP contribution is -2.48. The van der Waals surface area contributed by atoms with E-state index >= 15 is 0 Å². The van der Waals surface area contributed by atoms with Gasteiger partial charge in [-0.05, 0) is 81.4 Å². The summed E-state index contributed by atoms with van der Waals surface area (Å²) in [6, 6.07) is 12.7. The summed E-state index contributed by atoms with van der Waals surface area (Å²) in [5, 5.41) is 0. The van der Waals surface area contributed by atoms with Gasteiger partial charge in [0.2, 0.25) is 0 Å². The molecular weight excluding hydrogens is 429 g/mol. The summed E-state index contributed by atoms with van der Waals surface area (Å²) in [6.07, 6.45) is -0.289. The number of amides is 1. The predicted octanol–water partition coefficient (Wildman–Crippen LogP) is 5.62. The number of alkyl halides is 3. The fourth-order valence-corrected chi connectivity index (χ4v) is 5.03. The molecule has 1 amide bonds. The van der Waals surface area contributed by atoms with Gasteiger partial charge < -0.3 is 9.64 Å². The standard InChI is InChI=1S/C26H31F3N2O2/c1-2-33-23-6-4-3-5-21(23)19-30-15-11-25(12-16-30)13-17-31(18-14-25)24(32)20-7-9-22(10-8-20)26(27,28)29/h3-10H,2,11-19H2,1H3. The van der Waals surface area contributed by atoms with Gasteiger partial charge in [0.15, 0.2) is 0 Å². The number of benzene rings is 2. The first-order valence-electron chi connectivity index (χ1n) is 11.7. The second-order valence-corrected chi connectivity index (χ2v) is 9.18. The van der Waals surface area contributed by atoms with Crippen molar-refractivity contribution in [1.82, 2.24) is 9.80 Å². The molecule has 33 heavy (non-hydrogen) atoms. The average Bonchev–Trinajstić information content (AvgIpc) is 2.82. The van der Waals surface area contributed by atoms with E-state index in [2.05, 4.69) is 11.0 Å². The van der Waals surface area contributed by atoms with Gasteiger partial charge in [-0.25, -0.2) is 0 Å². The molecule has 2 aromatic carbocycles. The van der Waals surface area contributed by atoms with Gasteiger partial charge >= 0.3 is 6.18 Å². The van der Waals surface area contributed by atoms with Crippen molar-refractivity contribution in [2.24, 2.45) is 5.41 Å². The molecular formula is C26H31F3N2O2. The smallest absolute Gasteiger partial charge is 0.416 e. The van der Waals surface area contributed by atoms with Crippen LogP contribution in [0.3, 0.4) is 0 Å². The summed E-state index contributed by atoms with van der Waals surface area (Å²) >= 11 is 0. The third kappa shape index (κ3) is 5.52. The van der Waals surface area contributed by atoms with E-state index in [9.17, 15) is 18.0 Å². The first kappa shape index (κ1) is 23.6. The molecule has 0 aromatic heterocycles. The zero-order valence-corrected chi connectivity index (χ0v) is 19.0. The third-order valence-corrected chi connectivity index (χ3v) is 7.15. The van der Waals surface area contributed by atoms with Gasteiger partial charge in [-0.15, -0.1) is 0 Å². The molecule has 2 heterocycles. The largest absolute Gasteiger partial charge is 0.494 e. The van der Waals surface area contributed by atoms with Crippen molar-refractivity contribution in [2.45, 2.75) is 45.3 Å². The topological polar surface area (TPSA) is 32.8 Å². The summed E-state index contributed by atoms with van der Waals surface area (Å²) in [7, 11) is 0. The fraction of sp³-hybridized carbons (Fsp3) is 0.500. The number of nitrogens with zero attached hydrogens (tertiary/aromatic N) is 2. The van der Waals surface area contributed by atoms with Gasteiger partial charge in [0.1, 0.15) is 5.75 Å². The Morgan fingerprint density at radius 1 is 0.939 bits per heavy atom. The molecule has 0 unspecified atom stereocenters. The Kier molecular flexibility index (Phi) is 6.98. The van der Waals surface area contributed by atoms with Crippen LogP contribution in [-0.2, 0) is 12.7 Å². The van der Waals surface area contributed by atoms with E-state index in [1.165, 1.54) is 17.7 Å². The first-order valence-corrected chi connectivity index (χ1v) is 11.7. The number of rotatable bonds is 5. The molecule has 2 saturated heterocycles. The Morgan fingerprint density at radius 3 is 2.15 bits per heavy atom. The lowest BCUT2D eigenvalue weighted by atomic mass is 9.71. The van der Waals surface area contributed by atoms with Crippen molar-refractivity contribution < 1.29 is 22.7 Å². The monoisotopic (exact) mass is 460 g/mol. The van der Waals surface area contributed by atoms with Crippen LogP contribution in [0, 0.1) is 5.41 Å². The molecule has 4 rings (SSSR count). The van der Waals surface area contributed by atoms with Crippen LogP contribution in [0.2, 0.25) is 0 Å². The molecule has 0 aliphatic carbocycles. The lowest BCUT2D eigenvalue weighted by Gasteiger charge is -2.47. The summed E-state index contributed by atoms with van der Waals surface area (Å²) in [6.45, 7) is 6.89. The SMILES string of the molecule is CCOc1ccccc1CN1CCC2(CC1)CCN(C(=O)c1ccc(C(F)(F)F)cc1)CC2. The summed E-state index contributed by atoms with van der Waals surface area (Å²) in [5.41, 5.74) is 1.06. The van der Waals surface area contributed by atoms with Crippen LogP contribution in [0.5, 0.6) is 5.75 Å². The van der Waals surface area contributed by atoms with Gasteiger partial charge in [-0.2, -0.15) is 13.2 Å². The second kappa shape index (κ2) is 9.75. The van der Waals surface area contributed by atoms with Gasteiger partial charge in [-0.3, -0.25) is 9.69 Å². The van der Waals surface area contributed by atoms with Gasteiger partial charge in [0, 0.05) is 30.8 Å². The number of carbonyl (C=O) groups is 1. The highest BCUT2D eigenvalue weighted by Crippen LogP contribution is 2.42. The van der Waals surface area contributed by atoms with Crippen molar-refractivity contribution in [3.63, 3.8) is 0 Å². The van der Waals surface area contributed by atoms with Crippen LogP contribution in [0.1, 0.15) is 54.1 Å². The number of ether oxygens (including phenoxy) is 1. The lowest BCUT2D eigenvalue weighted by molar-refractivity contribution is -0.137. The summed E-state index contributed by atoms with van der Waals surface area (Å²) in [4.78, 5) is 17.1. The van der Waals surface area contributed by atoms with Gasteiger partial charge in [0.25, 0.3) is 5.91 Å². The molecule has 7 heteroatoms. The zero-order valence-electron chi connectivity index (χ0n) is 19.0. The number of piperidine rings is 2. The summed E-state index contributed by atoms with van der Waals surface area (Å²) < 4.78 is 44.1. The maximum Gasteiger partial charge on any atom is 0.416 e. The Hall–Kier alpha value is -2.54. The average molecular weight is 461 g/mol. The van der Waals surface area contributed by atoms with E-state index in [1.54, 1.807) is 4.90 Å². The Balaban J connectivity index is 1.29. The molecule has 178 valence electrons.